The van der Waals surface area contributed by atoms with Crippen molar-refractivity contribution in [2.75, 3.05) is 6.61 Å². The van der Waals surface area contributed by atoms with E-state index < -0.39 is 8.38 Å². The second-order valence-corrected chi connectivity index (χ2v) is 5.79. The SMILES string of the molecule is CCOP(Oc1c(C)cccc1C)c1ccccc1. The van der Waals surface area contributed by atoms with Crippen molar-refractivity contribution in [1.29, 1.82) is 0 Å². The molecule has 1 atom stereocenters. The van der Waals surface area contributed by atoms with E-state index in [2.05, 4.69) is 38.1 Å². The lowest BCUT2D eigenvalue weighted by molar-refractivity contribution is 0.340. The molecule has 0 aromatic heterocycles. The first-order valence-electron chi connectivity index (χ1n) is 6.44. The van der Waals surface area contributed by atoms with Crippen LogP contribution in [0.4, 0.5) is 0 Å². The molecule has 0 fully saturated rings. The van der Waals surface area contributed by atoms with Gasteiger partial charge in [-0.05, 0) is 44.0 Å². The molecular formula is C16H19O2P. The fourth-order valence-electron chi connectivity index (χ4n) is 1.85. The number of benzene rings is 2. The number of aryl methyl sites for hydroxylation is 2. The minimum atomic E-state index is -1.06. The predicted molar refractivity (Wildman–Crippen MR) is 81.2 cm³/mol. The lowest BCUT2D eigenvalue weighted by atomic mass is 10.1. The summed E-state index contributed by atoms with van der Waals surface area (Å²) in [6.45, 7) is 6.76. The monoisotopic (exact) mass is 274 g/mol. The summed E-state index contributed by atoms with van der Waals surface area (Å²) in [7, 11) is -1.06. The summed E-state index contributed by atoms with van der Waals surface area (Å²) in [6, 6.07) is 16.3. The smallest absolute Gasteiger partial charge is 0.265 e. The van der Waals surface area contributed by atoms with E-state index >= 15 is 0 Å². The third kappa shape index (κ3) is 3.56. The highest BCUT2D eigenvalue weighted by molar-refractivity contribution is 7.56. The van der Waals surface area contributed by atoms with Gasteiger partial charge in [0.05, 0.1) is 6.61 Å². The quantitative estimate of drug-likeness (QED) is 0.754. The number of hydrogen-bond donors (Lipinski definition) is 0. The average Bonchev–Trinajstić information content (AvgIpc) is 2.43. The first-order valence-corrected chi connectivity index (χ1v) is 7.62. The molecule has 0 spiro atoms. The Morgan fingerprint density at radius 3 is 2.11 bits per heavy atom. The zero-order valence-electron chi connectivity index (χ0n) is 11.6. The van der Waals surface area contributed by atoms with Crippen molar-refractivity contribution >= 4 is 13.7 Å². The van der Waals surface area contributed by atoms with Crippen molar-refractivity contribution in [1.82, 2.24) is 0 Å². The number of hydrogen-bond acceptors (Lipinski definition) is 2. The van der Waals surface area contributed by atoms with Crippen LogP contribution in [-0.4, -0.2) is 6.61 Å². The van der Waals surface area contributed by atoms with Gasteiger partial charge >= 0.3 is 0 Å². The molecule has 0 heterocycles. The standard InChI is InChI=1S/C16H19O2P/c1-4-17-19(15-11-6-5-7-12-15)18-16-13(2)9-8-10-14(16)3/h5-12H,4H2,1-3H3. The summed E-state index contributed by atoms with van der Waals surface area (Å²) in [5.74, 6) is 0.936. The molecule has 100 valence electrons. The third-order valence-electron chi connectivity index (χ3n) is 2.80. The van der Waals surface area contributed by atoms with E-state index in [1.54, 1.807) is 0 Å². The number of rotatable bonds is 5. The molecule has 2 nitrogen and oxygen atoms in total. The molecule has 2 aromatic carbocycles. The Labute approximate surface area is 116 Å². The highest BCUT2D eigenvalue weighted by atomic mass is 31.2. The molecule has 0 amide bonds. The van der Waals surface area contributed by atoms with Crippen LogP contribution in [-0.2, 0) is 4.52 Å². The molecule has 0 aliphatic carbocycles. The highest BCUT2D eigenvalue weighted by Crippen LogP contribution is 2.40. The van der Waals surface area contributed by atoms with Gasteiger partial charge in [-0.2, -0.15) is 0 Å². The normalized spacial score (nSPS) is 12.2. The van der Waals surface area contributed by atoms with E-state index in [1.165, 1.54) is 0 Å². The maximum atomic E-state index is 6.15. The van der Waals surface area contributed by atoms with Gasteiger partial charge in [0, 0.05) is 5.30 Å². The summed E-state index contributed by atoms with van der Waals surface area (Å²) >= 11 is 0. The van der Waals surface area contributed by atoms with Gasteiger partial charge in [-0.15, -0.1) is 0 Å². The van der Waals surface area contributed by atoms with Gasteiger partial charge in [0.25, 0.3) is 8.38 Å². The minimum absolute atomic E-state index is 0.644. The Balaban J connectivity index is 2.27. The second-order valence-electron chi connectivity index (χ2n) is 4.32. The van der Waals surface area contributed by atoms with Crippen molar-refractivity contribution in [3.63, 3.8) is 0 Å². The van der Waals surface area contributed by atoms with E-state index in [9.17, 15) is 0 Å². The lowest BCUT2D eigenvalue weighted by Crippen LogP contribution is -2.08. The topological polar surface area (TPSA) is 18.5 Å². The van der Waals surface area contributed by atoms with Gasteiger partial charge in [-0.1, -0.05) is 36.4 Å². The molecule has 2 aromatic rings. The molecule has 0 saturated carbocycles. The summed E-state index contributed by atoms with van der Waals surface area (Å²) in [6.07, 6.45) is 0. The summed E-state index contributed by atoms with van der Waals surface area (Å²) in [4.78, 5) is 0. The molecule has 0 N–H and O–H groups in total. The highest BCUT2D eigenvalue weighted by Gasteiger charge is 2.17. The summed E-state index contributed by atoms with van der Waals surface area (Å²) in [5.41, 5.74) is 2.28. The molecule has 1 unspecified atom stereocenters. The average molecular weight is 274 g/mol. The fraction of sp³-hybridized carbons (Fsp3) is 0.250. The van der Waals surface area contributed by atoms with Crippen LogP contribution in [0.1, 0.15) is 18.1 Å². The Morgan fingerprint density at radius 1 is 0.895 bits per heavy atom. The zero-order valence-corrected chi connectivity index (χ0v) is 12.5. The minimum Gasteiger partial charge on any atom is -0.443 e. The van der Waals surface area contributed by atoms with Crippen molar-refractivity contribution < 1.29 is 9.05 Å². The van der Waals surface area contributed by atoms with Crippen LogP contribution in [0.15, 0.2) is 48.5 Å². The van der Waals surface area contributed by atoms with Crippen molar-refractivity contribution in [3.8, 4) is 5.75 Å². The van der Waals surface area contributed by atoms with Crippen molar-refractivity contribution in [2.45, 2.75) is 20.8 Å². The van der Waals surface area contributed by atoms with Gasteiger partial charge in [-0.25, -0.2) is 0 Å². The van der Waals surface area contributed by atoms with Gasteiger partial charge in [0.15, 0.2) is 0 Å². The molecule has 2 rings (SSSR count). The van der Waals surface area contributed by atoms with Crippen LogP contribution in [0, 0.1) is 13.8 Å². The molecule has 19 heavy (non-hydrogen) atoms. The van der Waals surface area contributed by atoms with E-state index in [0.717, 1.165) is 22.2 Å². The maximum Gasteiger partial charge on any atom is 0.265 e. The summed E-state index contributed by atoms with van der Waals surface area (Å²) < 4.78 is 11.9. The van der Waals surface area contributed by atoms with Crippen molar-refractivity contribution in [2.24, 2.45) is 0 Å². The Morgan fingerprint density at radius 2 is 1.53 bits per heavy atom. The molecule has 0 bridgehead atoms. The van der Waals surface area contributed by atoms with Crippen LogP contribution in [0.2, 0.25) is 0 Å². The fourth-order valence-corrected chi connectivity index (χ4v) is 3.26. The molecule has 0 saturated heterocycles. The molecular weight excluding hydrogens is 255 g/mol. The Kier molecular flexibility index (Phi) is 4.95. The Hall–Kier alpha value is -1.37. The molecule has 0 radical (unpaired) electrons. The largest absolute Gasteiger partial charge is 0.443 e. The molecule has 0 aliphatic rings. The number of para-hydroxylation sites is 1. The van der Waals surface area contributed by atoms with Gasteiger partial charge in [0.1, 0.15) is 5.75 Å². The van der Waals surface area contributed by atoms with E-state index in [4.69, 9.17) is 9.05 Å². The van der Waals surface area contributed by atoms with Crippen LogP contribution < -0.4 is 9.83 Å². The van der Waals surface area contributed by atoms with Crippen LogP contribution in [0.25, 0.3) is 0 Å². The van der Waals surface area contributed by atoms with Crippen LogP contribution in [0.5, 0.6) is 5.75 Å². The van der Waals surface area contributed by atoms with Gasteiger partial charge in [-0.3, -0.25) is 0 Å². The zero-order chi connectivity index (χ0) is 13.7. The van der Waals surface area contributed by atoms with E-state index in [-0.39, 0.29) is 0 Å². The Bertz CT molecular complexity index is 505. The maximum absolute atomic E-state index is 6.15. The third-order valence-corrected chi connectivity index (χ3v) is 4.36. The second kappa shape index (κ2) is 6.70. The van der Waals surface area contributed by atoms with Crippen LogP contribution in [0.3, 0.4) is 0 Å². The van der Waals surface area contributed by atoms with Gasteiger partial charge in [0.2, 0.25) is 0 Å². The van der Waals surface area contributed by atoms with E-state index in [1.807, 2.05) is 31.2 Å². The first-order chi connectivity index (χ1) is 9.22. The predicted octanol–water partition coefficient (Wildman–Crippen LogP) is 4.36. The van der Waals surface area contributed by atoms with Gasteiger partial charge < -0.3 is 9.05 Å². The molecule has 0 aliphatic heterocycles. The van der Waals surface area contributed by atoms with E-state index in [0.29, 0.717) is 6.61 Å². The van der Waals surface area contributed by atoms with Crippen molar-refractivity contribution in [3.05, 3.63) is 59.7 Å². The summed E-state index contributed by atoms with van der Waals surface area (Å²) in [5, 5.41) is 1.10. The lowest BCUT2D eigenvalue weighted by Gasteiger charge is -2.20. The first kappa shape index (κ1) is 14.0. The van der Waals surface area contributed by atoms with Crippen LogP contribution >= 0.6 is 8.38 Å². The molecule has 3 heteroatoms.